The van der Waals surface area contributed by atoms with Crippen LogP contribution in [0.3, 0.4) is 0 Å². The first-order valence-corrected chi connectivity index (χ1v) is 8.16. The van der Waals surface area contributed by atoms with Crippen LogP contribution in [0.4, 0.5) is 0 Å². The molecule has 6 nitrogen and oxygen atoms in total. The van der Waals surface area contributed by atoms with Crippen molar-refractivity contribution in [3.8, 4) is 0 Å². The summed E-state index contributed by atoms with van der Waals surface area (Å²) in [5.41, 5.74) is 0.612. The number of aliphatic hydroxyl groups excluding tert-OH is 1. The first-order chi connectivity index (χ1) is 9.93. The average Bonchev–Trinajstić information content (AvgIpc) is 2.80. The summed E-state index contributed by atoms with van der Waals surface area (Å²) < 4.78 is 3.97. The molecule has 118 valence electrons. The van der Waals surface area contributed by atoms with Crippen molar-refractivity contribution in [2.45, 2.75) is 32.6 Å². The van der Waals surface area contributed by atoms with E-state index >= 15 is 0 Å². The van der Waals surface area contributed by atoms with Crippen LogP contribution in [-0.2, 0) is 5.41 Å². The molecule has 1 aromatic rings. The fourth-order valence-corrected chi connectivity index (χ4v) is 3.35. The second kappa shape index (κ2) is 6.81. The molecule has 1 N–H and O–H groups in total. The minimum Gasteiger partial charge on any atom is -0.395 e. The van der Waals surface area contributed by atoms with Gasteiger partial charge in [-0.3, -0.25) is 9.69 Å². The number of hydrogen-bond donors (Lipinski definition) is 1. The Morgan fingerprint density at radius 3 is 2.71 bits per heavy atom. The van der Waals surface area contributed by atoms with Gasteiger partial charge < -0.3 is 10.0 Å². The second-order valence-electron chi connectivity index (χ2n) is 6.41. The van der Waals surface area contributed by atoms with E-state index < -0.39 is 0 Å². The molecule has 1 fully saturated rings. The van der Waals surface area contributed by atoms with Gasteiger partial charge >= 0.3 is 0 Å². The molecule has 2 rings (SSSR count). The van der Waals surface area contributed by atoms with E-state index in [0.717, 1.165) is 31.7 Å². The Hall–Kier alpha value is -1.05. The van der Waals surface area contributed by atoms with Crippen LogP contribution in [0.5, 0.6) is 0 Å². The topological polar surface area (TPSA) is 69.6 Å². The predicted molar refractivity (Wildman–Crippen MR) is 82.7 cm³/mol. The molecule has 1 aliphatic heterocycles. The first kappa shape index (κ1) is 16.3. The lowest BCUT2D eigenvalue weighted by atomic mass is 9.91. The van der Waals surface area contributed by atoms with E-state index in [4.69, 9.17) is 5.11 Å². The van der Waals surface area contributed by atoms with Crippen LogP contribution in [0.2, 0.25) is 0 Å². The molecular formula is C14H24N4O2S. The zero-order chi connectivity index (χ0) is 15.5. The lowest BCUT2D eigenvalue weighted by Gasteiger charge is -2.23. The molecule has 0 saturated carbocycles. The molecule has 0 aromatic carbocycles. The minimum absolute atomic E-state index is 0.0424. The molecule has 0 radical (unpaired) electrons. The van der Waals surface area contributed by atoms with Gasteiger partial charge in [-0.1, -0.05) is 25.3 Å². The van der Waals surface area contributed by atoms with Crippen molar-refractivity contribution in [1.82, 2.24) is 19.4 Å². The molecule has 0 aliphatic carbocycles. The number of rotatable bonds is 3. The van der Waals surface area contributed by atoms with Gasteiger partial charge in [-0.05, 0) is 24.5 Å². The van der Waals surface area contributed by atoms with E-state index in [9.17, 15) is 4.79 Å². The first-order valence-electron chi connectivity index (χ1n) is 7.39. The third kappa shape index (κ3) is 3.99. The monoisotopic (exact) mass is 312 g/mol. The van der Waals surface area contributed by atoms with Crippen molar-refractivity contribution < 1.29 is 9.90 Å². The highest BCUT2D eigenvalue weighted by atomic mass is 32.1. The third-order valence-electron chi connectivity index (χ3n) is 3.68. The van der Waals surface area contributed by atoms with Crippen molar-refractivity contribution in [2.24, 2.45) is 0 Å². The molecule has 0 unspecified atom stereocenters. The Morgan fingerprint density at radius 2 is 2.05 bits per heavy atom. The SMILES string of the molecule is CC(C)(C)c1nnsc1C(=O)N1CCCN(CCO)CC1. The fourth-order valence-electron chi connectivity index (χ4n) is 2.50. The van der Waals surface area contributed by atoms with E-state index in [1.54, 1.807) is 0 Å². The van der Waals surface area contributed by atoms with Crippen LogP contribution in [0, 0.1) is 0 Å². The number of carbonyl (C=O) groups is 1. The second-order valence-corrected chi connectivity index (χ2v) is 7.17. The Morgan fingerprint density at radius 1 is 1.29 bits per heavy atom. The van der Waals surface area contributed by atoms with Gasteiger partial charge in [0.1, 0.15) is 4.88 Å². The lowest BCUT2D eigenvalue weighted by Crippen LogP contribution is -2.36. The van der Waals surface area contributed by atoms with E-state index in [0.29, 0.717) is 18.0 Å². The number of carbonyl (C=O) groups excluding carboxylic acids is 1. The Labute approximate surface area is 129 Å². The van der Waals surface area contributed by atoms with Gasteiger partial charge in [0, 0.05) is 31.6 Å². The number of amides is 1. The van der Waals surface area contributed by atoms with Gasteiger partial charge in [-0.25, -0.2) is 0 Å². The normalized spacial score (nSPS) is 17.8. The summed E-state index contributed by atoms with van der Waals surface area (Å²) in [5.74, 6) is 0.0424. The standard InChI is InChI=1S/C14H24N4O2S/c1-14(2,3)12-11(21-16-15-12)13(20)18-6-4-5-17(7-8-18)9-10-19/h19H,4-10H2,1-3H3. The summed E-state index contributed by atoms with van der Waals surface area (Å²) in [6, 6.07) is 0. The van der Waals surface area contributed by atoms with E-state index in [1.165, 1.54) is 11.5 Å². The van der Waals surface area contributed by atoms with Crippen molar-refractivity contribution in [3.05, 3.63) is 10.6 Å². The van der Waals surface area contributed by atoms with Crippen LogP contribution in [0.25, 0.3) is 0 Å². The zero-order valence-electron chi connectivity index (χ0n) is 13.0. The average molecular weight is 312 g/mol. The maximum atomic E-state index is 12.7. The number of nitrogens with zero attached hydrogens (tertiary/aromatic N) is 4. The van der Waals surface area contributed by atoms with Crippen LogP contribution < -0.4 is 0 Å². The summed E-state index contributed by atoms with van der Waals surface area (Å²) in [5, 5.41) is 13.2. The minimum atomic E-state index is -0.174. The molecule has 7 heteroatoms. The predicted octanol–water partition coefficient (Wildman–Crippen LogP) is 0.976. The van der Waals surface area contributed by atoms with E-state index in [-0.39, 0.29) is 17.9 Å². The molecule has 1 aliphatic rings. The van der Waals surface area contributed by atoms with Crippen molar-refractivity contribution in [1.29, 1.82) is 0 Å². The van der Waals surface area contributed by atoms with Gasteiger partial charge in [-0.2, -0.15) is 0 Å². The molecular weight excluding hydrogens is 288 g/mol. The molecule has 1 amide bonds. The van der Waals surface area contributed by atoms with Crippen LogP contribution in [-0.4, -0.2) is 69.7 Å². The van der Waals surface area contributed by atoms with Crippen molar-refractivity contribution in [3.63, 3.8) is 0 Å². The number of β-amino-alcohol motifs (C(OH)–C–C–N with tert-alkyl or cyclic N) is 1. The van der Waals surface area contributed by atoms with Gasteiger partial charge in [0.25, 0.3) is 5.91 Å². The Kier molecular flexibility index (Phi) is 5.29. The van der Waals surface area contributed by atoms with Crippen molar-refractivity contribution in [2.75, 3.05) is 39.3 Å². The summed E-state index contributed by atoms with van der Waals surface area (Å²) in [7, 11) is 0. The smallest absolute Gasteiger partial charge is 0.267 e. The molecule has 2 heterocycles. The molecule has 1 aromatic heterocycles. The van der Waals surface area contributed by atoms with Crippen LogP contribution in [0.1, 0.15) is 42.6 Å². The Balaban J connectivity index is 2.09. The summed E-state index contributed by atoms with van der Waals surface area (Å²) in [4.78, 5) is 17.5. The third-order valence-corrected chi connectivity index (χ3v) is 4.40. The number of hydrogen-bond acceptors (Lipinski definition) is 6. The number of aromatic nitrogens is 2. The van der Waals surface area contributed by atoms with Gasteiger partial charge in [0.15, 0.2) is 0 Å². The molecule has 21 heavy (non-hydrogen) atoms. The molecule has 0 atom stereocenters. The number of aliphatic hydroxyl groups is 1. The fraction of sp³-hybridized carbons (Fsp3) is 0.786. The van der Waals surface area contributed by atoms with Crippen molar-refractivity contribution >= 4 is 17.4 Å². The molecule has 0 bridgehead atoms. The maximum Gasteiger partial charge on any atom is 0.267 e. The highest BCUT2D eigenvalue weighted by molar-refractivity contribution is 7.08. The van der Waals surface area contributed by atoms with Gasteiger partial charge in [-0.15, -0.1) is 5.10 Å². The highest BCUT2D eigenvalue weighted by Crippen LogP contribution is 2.27. The van der Waals surface area contributed by atoms with E-state index in [1.807, 2.05) is 25.7 Å². The molecule has 0 spiro atoms. The quantitative estimate of drug-likeness (QED) is 0.901. The largest absolute Gasteiger partial charge is 0.395 e. The highest BCUT2D eigenvalue weighted by Gasteiger charge is 2.29. The zero-order valence-corrected chi connectivity index (χ0v) is 13.8. The summed E-state index contributed by atoms with van der Waals surface area (Å²) in [6.45, 7) is 10.2. The Bertz CT molecular complexity index is 484. The van der Waals surface area contributed by atoms with E-state index in [2.05, 4.69) is 14.5 Å². The maximum absolute atomic E-state index is 12.7. The molecule has 1 saturated heterocycles. The van der Waals surface area contributed by atoms with Gasteiger partial charge in [0.05, 0.1) is 12.3 Å². The summed E-state index contributed by atoms with van der Waals surface area (Å²) >= 11 is 1.19. The van der Waals surface area contributed by atoms with Crippen LogP contribution in [0.15, 0.2) is 0 Å². The van der Waals surface area contributed by atoms with Crippen LogP contribution >= 0.6 is 11.5 Å². The lowest BCUT2D eigenvalue weighted by molar-refractivity contribution is 0.0762. The summed E-state index contributed by atoms with van der Waals surface area (Å²) in [6.07, 6.45) is 0.933. The van der Waals surface area contributed by atoms with Gasteiger partial charge in [0.2, 0.25) is 0 Å².